The molecule has 1 aromatic carbocycles. The van der Waals surface area contributed by atoms with Gasteiger partial charge >= 0.3 is 6.09 Å². The summed E-state index contributed by atoms with van der Waals surface area (Å²) in [5, 5.41) is 0. The maximum atomic E-state index is 13.2. The van der Waals surface area contributed by atoms with Crippen molar-refractivity contribution in [3.8, 4) is 11.5 Å². The molecule has 2 heterocycles. The molecule has 30 heavy (non-hydrogen) atoms. The molecule has 2 aliphatic rings. The largest absolute Gasteiger partial charge is 0.497 e. The first kappa shape index (κ1) is 22.1. The van der Waals surface area contributed by atoms with E-state index in [1.807, 2.05) is 0 Å². The standard InChI is InChI=1S/C20H27N3O6S/c1-4-29-20(26)22-7-5-21(6-8-22)19(25)17-12-30-13-23(17)18(24)14-9-15(27-2)11-16(10-14)28-3/h9-11,17H,4-8,12-13H2,1-3H3. The van der Waals surface area contributed by atoms with Crippen molar-refractivity contribution in [2.75, 3.05) is 58.6 Å². The highest BCUT2D eigenvalue weighted by Crippen LogP contribution is 2.28. The molecule has 2 aliphatic heterocycles. The van der Waals surface area contributed by atoms with Crippen molar-refractivity contribution < 1.29 is 28.6 Å². The van der Waals surface area contributed by atoms with Crippen molar-refractivity contribution >= 4 is 29.7 Å². The van der Waals surface area contributed by atoms with E-state index in [0.717, 1.165) is 0 Å². The van der Waals surface area contributed by atoms with Crippen LogP contribution in [0.25, 0.3) is 0 Å². The summed E-state index contributed by atoms with van der Waals surface area (Å²) in [7, 11) is 3.05. The third-order valence-electron chi connectivity index (χ3n) is 5.14. The molecular formula is C20H27N3O6S. The van der Waals surface area contributed by atoms with Gasteiger partial charge in [-0.3, -0.25) is 9.59 Å². The fourth-order valence-electron chi connectivity index (χ4n) is 3.48. The normalized spacial score (nSPS) is 18.9. The molecule has 0 bridgehead atoms. The molecule has 0 aliphatic carbocycles. The summed E-state index contributed by atoms with van der Waals surface area (Å²) in [6.07, 6.45) is -0.357. The Morgan fingerprint density at radius 1 is 1.00 bits per heavy atom. The van der Waals surface area contributed by atoms with E-state index in [2.05, 4.69) is 0 Å². The number of rotatable bonds is 5. The molecule has 1 atom stereocenters. The summed E-state index contributed by atoms with van der Waals surface area (Å²) in [5.74, 6) is 1.69. The number of carbonyl (C=O) groups excluding carboxylic acids is 3. The first-order chi connectivity index (χ1) is 14.5. The molecule has 0 spiro atoms. The van der Waals surface area contributed by atoms with Gasteiger partial charge in [0.05, 0.1) is 26.7 Å². The van der Waals surface area contributed by atoms with Crippen molar-refractivity contribution in [1.29, 1.82) is 0 Å². The lowest BCUT2D eigenvalue weighted by Crippen LogP contribution is -2.56. The van der Waals surface area contributed by atoms with Crippen LogP contribution in [0.2, 0.25) is 0 Å². The number of benzene rings is 1. The highest BCUT2D eigenvalue weighted by Gasteiger charge is 2.38. The molecule has 164 valence electrons. The van der Waals surface area contributed by atoms with Crippen LogP contribution in [0.4, 0.5) is 4.79 Å². The van der Waals surface area contributed by atoms with Gasteiger partial charge in [-0.1, -0.05) is 0 Å². The van der Waals surface area contributed by atoms with Crippen LogP contribution in [0, 0.1) is 0 Å². The average molecular weight is 438 g/mol. The second-order valence-electron chi connectivity index (χ2n) is 6.90. The molecule has 1 aromatic rings. The molecule has 2 saturated heterocycles. The van der Waals surface area contributed by atoms with Gasteiger partial charge in [-0.25, -0.2) is 4.79 Å². The maximum Gasteiger partial charge on any atom is 0.409 e. The molecular weight excluding hydrogens is 410 g/mol. The number of piperazine rings is 1. The third kappa shape index (κ3) is 4.75. The monoisotopic (exact) mass is 437 g/mol. The summed E-state index contributed by atoms with van der Waals surface area (Å²) < 4.78 is 15.5. The molecule has 3 rings (SSSR count). The molecule has 2 fully saturated rings. The van der Waals surface area contributed by atoms with Gasteiger partial charge in [0.25, 0.3) is 5.91 Å². The van der Waals surface area contributed by atoms with Gasteiger partial charge in [-0.05, 0) is 19.1 Å². The van der Waals surface area contributed by atoms with E-state index in [1.54, 1.807) is 51.6 Å². The number of hydrogen-bond donors (Lipinski definition) is 0. The van der Waals surface area contributed by atoms with Crippen molar-refractivity contribution in [3.05, 3.63) is 23.8 Å². The van der Waals surface area contributed by atoms with Crippen LogP contribution in [-0.2, 0) is 9.53 Å². The first-order valence-corrected chi connectivity index (χ1v) is 11.0. The van der Waals surface area contributed by atoms with Crippen LogP contribution in [0.15, 0.2) is 18.2 Å². The van der Waals surface area contributed by atoms with Gasteiger partial charge < -0.3 is 28.9 Å². The molecule has 0 aromatic heterocycles. The van der Waals surface area contributed by atoms with Gasteiger partial charge in [-0.15, -0.1) is 11.8 Å². The Morgan fingerprint density at radius 3 is 2.17 bits per heavy atom. The van der Waals surface area contributed by atoms with Gasteiger partial charge in [0.2, 0.25) is 5.91 Å². The second kappa shape index (κ2) is 9.92. The van der Waals surface area contributed by atoms with E-state index >= 15 is 0 Å². The lowest BCUT2D eigenvalue weighted by atomic mass is 10.1. The second-order valence-corrected chi connectivity index (χ2v) is 7.90. The predicted molar refractivity (Wildman–Crippen MR) is 112 cm³/mol. The fraction of sp³-hybridized carbons (Fsp3) is 0.550. The van der Waals surface area contributed by atoms with E-state index in [4.69, 9.17) is 14.2 Å². The lowest BCUT2D eigenvalue weighted by molar-refractivity contribution is -0.136. The quantitative estimate of drug-likeness (QED) is 0.690. The highest BCUT2D eigenvalue weighted by atomic mass is 32.2. The first-order valence-electron chi connectivity index (χ1n) is 9.80. The number of carbonyl (C=O) groups is 3. The van der Waals surface area contributed by atoms with Crippen molar-refractivity contribution in [2.24, 2.45) is 0 Å². The molecule has 3 amide bonds. The van der Waals surface area contributed by atoms with Gasteiger partial charge in [0.15, 0.2) is 0 Å². The van der Waals surface area contributed by atoms with E-state index in [1.165, 1.54) is 14.2 Å². The third-order valence-corrected chi connectivity index (χ3v) is 6.16. The highest BCUT2D eigenvalue weighted by molar-refractivity contribution is 7.99. The van der Waals surface area contributed by atoms with Crippen LogP contribution in [0.5, 0.6) is 11.5 Å². The summed E-state index contributed by atoms with van der Waals surface area (Å²) >= 11 is 1.55. The number of hydrogen-bond acceptors (Lipinski definition) is 7. The molecule has 0 saturated carbocycles. The molecule has 0 radical (unpaired) electrons. The van der Waals surface area contributed by atoms with Crippen LogP contribution >= 0.6 is 11.8 Å². The minimum Gasteiger partial charge on any atom is -0.497 e. The average Bonchev–Trinajstić information content (AvgIpc) is 3.27. The number of ether oxygens (including phenoxy) is 3. The molecule has 9 nitrogen and oxygen atoms in total. The van der Waals surface area contributed by atoms with E-state index < -0.39 is 6.04 Å². The Kier molecular flexibility index (Phi) is 7.30. The Hall–Kier alpha value is -2.62. The molecule has 10 heteroatoms. The predicted octanol–water partition coefficient (Wildman–Crippen LogP) is 1.52. The van der Waals surface area contributed by atoms with E-state index in [0.29, 0.717) is 61.5 Å². The number of thioether (sulfide) groups is 1. The van der Waals surface area contributed by atoms with Crippen LogP contribution in [-0.4, -0.2) is 97.3 Å². The summed E-state index contributed by atoms with van der Waals surface area (Å²) in [6.45, 7) is 3.78. The molecule has 0 N–H and O–H groups in total. The Balaban J connectivity index is 1.68. The maximum absolute atomic E-state index is 13.2. The summed E-state index contributed by atoms with van der Waals surface area (Å²) in [6, 6.07) is 4.45. The number of amides is 3. The Bertz CT molecular complexity index is 774. The minimum absolute atomic E-state index is 0.0910. The van der Waals surface area contributed by atoms with Gasteiger partial charge in [0.1, 0.15) is 17.5 Å². The van der Waals surface area contributed by atoms with E-state index in [-0.39, 0.29) is 17.9 Å². The van der Waals surface area contributed by atoms with Gasteiger partial charge in [0, 0.05) is 43.6 Å². The Morgan fingerprint density at radius 2 is 1.60 bits per heavy atom. The van der Waals surface area contributed by atoms with Crippen LogP contribution in [0.1, 0.15) is 17.3 Å². The minimum atomic E-state index is -0.533. The number of nitrogens with zero attached hydrogens (tertiary/aromatic N) is 3. The smallest absolute Gasteiger partial charge is 0.409 e. The van der Waals surface area contributed by atoms with Crippen LogP contribution in [0.3, 0.4) is 0 Å². The zero-order chi connectivity index (χ0) is 21.7. The zero-order valence-electron chi connectivity index (χ0n) is 17.5. The fourth-order valence-corrected chi connectivity index (χ4v) is 4.62. The summed E-state index contributed by atoms with van der Waals surface area (Å²) in [5.41, 5.74) is 0.415. The number of methoxy groups -OCH3 is 2. The Labute approximate surface area is 180 Å². The van der Waals surface area contributed by atoms with Crippen molar-refractivity contribution in [3.63, 3.8) is 0 Å². The van der Waals surface area contributed by atoms with E-state index in [9.17, 15) is 14.4 Å². The topological polar surface area (TPSA) is 88.6 Å². The lowest BCUT2D eigenvalue weighted by Gasteiger charge is -2.36. The van der Waals surface area contributed by atoms with Crippen molar-refractivity contribution in [1.82, 2.24) is 14.7 Å². The van der Waals surface area contributed by atoms with Crippen LogP contribution < -0.4 is 9.47 Å². The van der Waals surface area contributed by atoms with Gasteiger partial charge in [-0.2, -0.15) is 0 Å². The SMILES string of the molecule is CCOC(=O)N1CCN(C(=O)C2CSCN2C(=O)c2cc(OC)cc(OC)c2)CC1. The zero-order valence-corrected chi connectivity index (χ0v) is 18.3. The van der Waals surface area contributed by atoms with Crippen molar-refractivity contribution in [2.45, 2.75) is 13.0 Å². The molecule has 1 unspecified atom stereocenters. The summed E-state index contributed by atoms with van der Waals surface area (Å²) in [4.78, 5) is 43.1.